The minimum atomic E-state index is -0.0145. The topological polar surface area (TPSA) is 21.3 Å². The van der Waals surface area contributed by atoms with E-state index in [1.807, 2.05) is 0 Å². The van der Waals surface area contributed by atoms with Gasteiger partial charge in [-0.25, -0.2) is 0 Å². The van der Waals surface area contributed by atoms with E-state index in [2.05, 4.69) is 33.0 Å². The van der Waals surface area contributed by atoms with Crippen molar-refractivity contribution >= 4 is 0 Å². The van der Waals surface area contributed by atoms with Gasteiger partial charge in [-0.3, -0.25) is 0 Å². The largest absolute Gasteiger partial charge is 0.374 e. The molecule has 0 heterocycles. The zero-order valence-electron chi connectivity index (χ0n) is 11.8. The van der Waals surface area contributed by atoms with Crippen molar-refractivity contribution in [2.24, 2.45) is 0 Å². The van der Waals surface area contributed by atoms with E-state index in [9.17, 15) is 0 Å². The van der Waals surface area contributed by atoms with Crippen LogP contribution in [0, 0.1) is 0 Å². The Hall–Kier alpha value is -0.0800. The number of ether oxygens (including phenoxy) is 1. The van der Waals surface area contributed by atoms with Gasteiger partial charge >= 0.3 is 0 Å². The molecule has 0 fully saturated rings. The lowest BCUT2D eigenvalue weighted by atomic mass is 10.1. The van der Waals surface area contributed by atoms with E-state index in [0.717, 1.165) is 19.7 Å². The van der Waals surface area contributed by atoms with Gasteiger partial charge < -0.3 is 10.1 Å². The maximum absolute atomic E-state index is 5.88. The number of unbranched alkanes of at least 4 members (excludes halogenated alkanes) is 5. The van der Waals surface area contributed by atoms with Crippen molar-refractivity contribution in [2.75, 3.05) is 19.7 Å². The van der Waals surface area contributed by atoms with Crippen LogP contribution in [0.1, 0.15) is 66.2 Å². The molecule has 0 aliphatic carbocycles. The first-order chi connectivity index (χ1) is 7.62. The predicted molar refractivity (Wildman–Crippen MR) is 72.0 cm³/mol. The molecule has 1 N–H and O–H groups in total. The van der Waals surface area contributed by atoms with Gasteiger partial charge in [0, 0.05) is 13.2 Å². The smallest absolute Gasteiger partial charge is 0.0750 e. The van der Waals surface area contributed by atoms with Crippen molar-refractivity contribution in [3.05, 3.63) is 0 Å². The highest BCUT2D eigenvalue weighted by Gasteiger charge is 2.16. The van der Waals surface area contributed by atoms with Gasteiger partial charge in [0.25, 0.3) is 0 Å². The van der Waals surface area contributed by atoms with E-state index in [1.165, 1.54) is 38.5 Å². The Morgan fingerprint density at radius 2 is 1.56 bits per heavy atom. The second-order valence-electron chi connectivity index (χ2n) is 5.16. The zero-order chi connectivity index (χ0) is 12.3. The molecular formula is C14H31NO. The van der Waals surface area contributed by atoms with Crippen molar-refractivity contribution in [3.8, 4) is 0 Å². The normalized spacial score (nSPS) is 12.0. The molecule has 0 bridgehead atoms. The Balaban J connectivity index is 3.29. The first-order valence-corrected chi connectivity index (χ1v) is 6.97. The van der Waals surface area contributed by atoms with Gasteiger partial charge in [0.1, 0.15) is 0 Å². The van der Waals surface area contributed by atoms with Crippen LogP contribution in [0.5, 0.6) is 0 Å². The second-order valence-corrected chi connectivity index (χ2v) is 5.16. The standard InChI is InChI=1S/C14H31NO/c1-5-7-8-9-10-11-12-16-14(3,4)13-15-6-2/h15H,5-13H2,1-4H3. The van der Waals surface area contributed by atoms with E-state index < -0.39 is 0 Å². The van der Waals surface area contributed by atoms with Crippen LogP contribution in [-0.2, 0) is 4.74 Å². The molecule has 0 radical (unpaired) electrons. The summed E-state index contributed by atoms with van der Waals surface area (Å²) in [6.07, 6.45) is 7.98. The summed E-state index contributed by atoms with van der Waals surface area (Å²) in [5, 5.41) is 3.33. The summed E-state index contributed by atoms with van der Waals surface area (Å²) >= 11 is 0. The molecule has 0 saturated heterocycles. The predicted octanol–water partition coefficient (Wildman–Crippen LogP) is 3.75. The average molecular weight is 229 g/mol. The molecule has 0 aromatic rings. The molecule has 0 spiro atoms. The van der Waals surface area contributed by atoms with Gasteiger partial charge in [-0.15, -0.1) is 0 Å². The molecule has 0 aromatic carbocycles. The quantitative estimate of drug-likeness (QED) is 0.545. The lowest BCUT2D eigenvalue weighted by molar-refractivity contribution is -0.0177. The lowest BCUT2D eigenvalue weighted by Gasteiger charge is -2.25. The fraction of sp³-hybridized carbons (Fsp3) is 1.00. The van der Waals surface area contributed by atoms with Crippen molar-refractivity contribution < 1.29 is 4.74 Å². The van der Waals surface area contributed by atoms with Crippen LogP contribution in [0.4, 0.5) is 0 Å². The Bertz CT molecular complexity index is 146. The van der Waals surface area contributed by atoms with Gasteiger partial charge in [-0.05, 0) is 26.8 Å². The third kappa shape index (κ3) is 10.4. The summed E-state index contributed by atoms with van der Waals surface area (Å²) < 4.78 is 5.88. The number of nitrogens with one attached hydrogen (secondary N) is 1. The van der Waals surface area contributed by atoms with Crippen LogP contribution >= 0.6 is 0 Å². The maximum Gasteiger partial charge on any atom is 0.0750 e. The van der Waals surface area contributed by atoms with Crippen LogP contribution in [0.25, 0.3) is 0 Å². The summed E-state index contributed by atoms with van der Waals surface area (Å²) in [6, 6.07) is 0. The zero-order valence-corrected chi connectivity index (χ0v) is 11.8. The SMILES string of the molecule is CCCCCCCCOC(C)(C)CNCC. The fourth-order valence-electron chi connectivity index (χ4n) is 1.71. The highest BCUT2D eigenvalue weighted by atomic mass is 16.5. The van der Waals surface area contributed by atoms with E-state index in [1.54, 1.807) is 0 Å². The second kappa shape index (κ2) is 10.1. The molecule has 0 unspecified atom stereocenters. The summed E-state index contributed by atoms with van der Waals surface area (Å²) in [5.74, 6) is 0. The molecule has 0 amide bonds. The van der Waals surface area contributed by atoms with Gasteiger partial charge in [0.15, 0.2) is 0 Å². The molecule has 2 heteroatoms. The Morgan fingerprint density at radius 3 is 2.19 bits per heavy atom. The molecule has 0 saturated carbocycles. The molecular weight excluding hydrogens is 198 g/mol. The number of hydrogen-bond acceptors (Lipinski definition) is 2. The van der Waals surface area contributed by atoms with E-state index >= 15 is 0 Å². The summed E-state index contributed by atoms with van der Waals surface area (Å²) in [7, 11) is 0. The molecule has 2 nitrogen and oxygen atoms in total. The summed E-state index contributed by atoms with van der Waals surface area (Å²) in [6.45, 7) is 11.6. The minimum absolute atomic E-state index is 0.0145. The molecule has 0 aliphatic heterocycles. The van der Waals surface area contributed by atoms with Crippen LogP contribution in [0.3, 0.4) is 0 Å². The van der Waals surface area contributed by atoms with Crippen LogP contribution in [-0.4, -0.2) is 25.3 Å². The van der Waals surface area contributed by atoms with Crippen molar-refractivity contribution in [1.29, 1.82) is 0 Å². The molecule has 0 atom stereocenters. The number of rotatable bonds is 11. The van der Waals surface area contributed by atoms with Crippen LogP contribution < -0.4 is 5.32 Å². The molecule has 98 valence electrons. The van der Waals surface area contributed by atoms with Crippen LogP contribution in [0.2, 0.25) is 0 Å². The fourth-order valence-corrected chi connectivity index (χ4v) is 1.71. The third-order valence-electron chi connectivity index (χ3n) is 2.79. The van der Waals surface area contributed by atoms with Gasteiger partial charge in [0.2, 0.25) is 0 Å². The highest BCUT2D eigenvalue weighted by Crippen LogP contribution is 2.10. The first kappa shape index (κ1) is 15.9. The van der Waals surface area contributed by atoms with Gasteiger partial charge in [0.05, 0.1) is 5.60 Å². The lowest BCUT2D eigenvalue weighted by Crippen LogP contribution is -2.37. The Morgan fingerprint density at radius 1 is 0.938 bits per heavy atom. The van der Waals surface area contributed by atoms with Gasteiger partial charge in [-0.2, -0.15) is 0 Å². The van der Waals surface area contributed by atoms with Gasteiger partial charge in [-0.1, -0.05) is 46.0 Å². The maximum atomic E-state index is 5.88. The average Bonchev–Trinajstić information content (AvgIpc) is 2.25. The molecule has 0 rings (SSSR count). The number of hydrogen-bond donors (Lipinski definition) is 1. The molecule has 16 heavy (non-hydrogen) atoms. The summed E-state index contributed by atoms with van der Waals surface area (Å²) in [4.78, 5) is 0. The van der Waals surface area contributed by atoms with Crippen LogP contribution in [0.15, 0.2) is 0 Å². The molecule has 0 aromatic heterocycles. The minimum Gasteiger partial charge on any atom is -0.374 e. The Labute approximate surface area is 102 Å². The van der Waals surface area contributed by atoms with E-state index in [-0.39, 0.29) is 5.60 Å². The van der Waals surface area contributed by atoms with E-state index in [4.69, 9.17) is 4.74 Å². The third-order valence-corrected chi connectivity index (χ3v) is 2.79. The van der Waals surface area contributed by atoms with Crippen molar-refractivity contribution in [3.63, 3.8) is 0 Å². The Kier molecular flexibility index (Phi) is 10.0. The van der Waals surface area contributed by atoms with Crippen molar-refractivity contribution in [2.45, 2.75) is 71.8 Å². The highest BCUT2D eigenvalue weighted by molar-refractivity contribution is 4.71. The number of likely N-dealkylation sites (N-methyl/N-ethyl adjacent to an activating group) is 1. The van der Waals surface area contributed by atoms with Crippen molar-refractivity contribution in [1.82, 2.24) is 5.32 Å². The first-order valence-electron chi connectivity index (χ1n) is 6.97. The summed E-state index contributed by atoms with van der Waals surface area (Å²) in [5.41, 5.74) is -0.0145. The monoisotopic (exact) mass is 229 g/mol. The van der Waals surface area contributed by atoms with E-state index in [0.29, 0.717) is 0 Å². The molecule has 0 aliphatic rings.